The third-order valence-corrected chi connectivity index (χ3v) is 2.01. The van der Waals surface area contributed by atoms with Crippen molar-refractivity contribution in [3.8, 4) is 6.07 Å². The number of hydrogen-bond donors (Lipinski definition) is 1. The minimum absolute atomic E-state index is 0.0742. The molecule has 0 bridgehead atoms. The summed E-state index contributed by atoms with van der Waals surface area (Å²) in [5.41, 5.74) is 0.279. The van der Waals surface area contributed by atoms with Crippen LogP contribution in [0, 0.1) is 11.3 Å². The van der Waals surface area contributed by atoms with Crippen LogP contribution < -0.4 is 5.32 Å². The Kier molecular flexibility index (Phi) is 5.58. The number of aromatic nitrogens is 2. The van der Waals surface area contributed by atoms with Crippen LogP contribution in [-0.2, 0) is 9.53 Å². The van der Waals surface area contributed by atoms with Gasteiger partial charge in [0.25, 0.3) is 0 Å². The molecule has 0 aliphatic carbocycles. The summed E-state index contributed by atoms with van der Waals surface area (Å²) in [4.78, 5) is 11.2. The number of esters is 1. The number of hydrogen-bond acceptors (Lipinski definition) is 6. The predicted octanol–water partition coefficient (Wildman–Crippen LogP) is 1.49. The normalized spacial score (nSPS) is 9.89. The maximum absolute atomic E-state index is 11.2. The Morgan fingerprint density at radius 3 is 2.83 bits per heavy atom. The van der Waals surface area contributed by atoms with Gasteiger partial charge in [0.05, 0.1) is 6.10 Å². The summed E-state index contributed by atoms with van der Waals surface area (Å²) >= 11 is 0. The monoisotopic (exact) mass is 248 g/mol. The Morgan fingerprint density at radius 2 is 2.28 bits per heavy atom. The SMILES string of the molecule is CC(C)OC(=O)CCCNc1ccc(C#N)nn1. The molecular formula is C12H16N4O2. The minimum Gasteiger partial charge on any atom is -0.463 e. The van der Waals surface area contributed by atoms with Crippen LogP contribution in [0.1, 0.15) is 32.4 Å². The molecule has 0 radical (unpaired) electrons. The molecule has 0 saturated heterocycles. The van der Waals surface area contributed by atoms with Gasteiger partial charge >= 0.3 is 5.97 Å². The molecule has 0 amide bonds. The van der Waals surface area contributed by atoms with Crippen molar-refractivity contribution in [2.24, 2.45) is 0 Å². The van der Waals surface area contributed by atoms with Gasteiger partial charge in [0.15, 0.2) is 5.69 Å². The molecule has 1 rings (SSSR count). The van der Waals surface area contributed by atoms with Crippen LogP contribution in [0.25, 0.3) is 0 Å². The summed E-state index contributed by atoms with van der Waals surface area (Å²) < 4.78 is 5.00. The summed E-state index contributed by atoms with van der Waals surface area (Å²) in [7, 11) is 0. The lowest BCUT2D eigenvalue weighted by Gasteiger charge is -2.08. The lowest BCUT2D eigenvalue weighted by molar-refractivity contribution is -0.147. The van der Waals surface area contributed by atoms with Crippen molar-refractivity contribution in [2.75, 3.05) is 11.9 Å². The van der Waals surface area contributed by atoms with E-state index >= 15 is 0 Å². The van der Waals surface area contributed by atoms with Gasteiger partial charge in [0.1, 0.15) is 11.9 Å². The number of carbonyl (C=O) groups is 1. The van der Waals surface area contributed by atoms with Gasteiger partial charge in [0.2, 0.25) is 0 Å². The molecule has 1 N–H and O–H groups in total. The van der Waals surface area contributed by atoms with Crippen molar-refractivity contribution >= 4 is 11.8 Å². The quantitative estimate of drug-likeness (QED) is 0.606. The Labute approximate surface area is 106 Å². The number of rotatable bonds is 6. The van der Waals surface area contributed by atoms with Gasteiger partial charge in [-0.25, -0.2) is 0 Å². The topological polar surface area (TPSA) is 87.9 Å². The molecular weight excluding hydrogens is 232 g/mol. The number of ether oxygens (including phenoxy) is 1. The predicted molar refractivity (Wildman–Crippen MR) is 65.7 cm³/mol. The van der Waals surface area contributed by atoms with Crippen LogP contribution in [0.15, 0.2) is 12.1 Å². The molecule has 18 heavy (non-hydrogen) atoms. The van der Waals surface area contributed by atoms with E-state index in [0.29, 0.717) is 25.2 Å². The van der Waals surface area contributed by atoms with Crippen LogP contribution in [0.3, 0.4) is 0 Å². The molecule has 1 aromatic heterocycles. The Morgan fingerprint density at radius 1 is 1.50 bits per heavy atom. The average molecular weight is 248 g/mol. The van der Waals surface area contributed by atoms with Gasteiger partial charge in [0, 0.05) is 13.0 Å². The fraction of sp³-hybridized carbons (Fsp3) is 0.500. The van der Waals surface area contributed by atoms with E-state index in [1.54, 1.807) is 12.1 Å². The second-order valence-corrected chi connectivity index (χ2v) is 3.98. The second kappa shape index (κ2) is 7.22. The van der Waals surface area contributed by atoms with E-state index in [-0.39, 0.29) is 17.8 Å². The molecule has 0 fully saturated rings. The second-order valence-electron chi connectivity index (χ2n) is 3.98. The van der Waals surface area contributed by atoms with Gasteiger partial charge in [-0.05, 0) is 32.4 Å². The van der Waals surface area contributed by atoms with Crippen LogP contribution in [-0.4, -0.2) is 28.8 Å². The maximum atomic E-state index is 11.2. The van der Waals surface area contributed by atoms with E-state index < -0.39 is 0 Å². The Bertz CT molecular complexity index is 423. The van der Waals surface area contributed by atoms with Gasteiger partial charge < -0.3 is 10.1 Å². The first-order chi connectivity index (χ1) is 8.61. The highest BCUT2D eigenvalue weighted by Gasteiger charge is 2.04. The number of nitrogens with one attached hydrogen (secondary N) is 1. The highest BCUT2D eigenvalue weighted by atomic mass is 16.5. The minimum atomic E-state index is -0.197. The van der Waals surface area contributed by atoms with Gasteiger partial charge in [-0.1, -0.05) is 0 Å². The third-order valence-electron chi connectivity index (χ3n) is 2.01. The first-order valence-electron chi connectivity index (χ1n) is 5.79. The fourth-order valence-electron chi connectivity index (χ4n) is 1.26. The smallest absolute Gasteiger partial charge is 0.306 e. The Balaban J connectivity index is 2.21. The zero-order valence-corrected chi connectivity index (χ0v) is 10.5. The van der Waals surface area contributed by atoms with Crippen LogP contribution in [0.4, 0.5) is 5.82 Å². The molecule has 1 aromatic rings. The van der Waals surface area contributed by atoms with E-state index in [2.05, 4.69) is 15.5 Å². The molecule has 0 atom stereocenters. The number of anilines is 1. The maximum Gasteiger partial charge on any atom is 0.306 e. The van der Waals surface area contributed by atoms with Crippen molar-refractivity contribution < 1.29 is 9.53 Å². The molecule has 1 heterocycles. The van der Waals surface area contributed by atoms with Crippen molar-refractivity contribution in [1.29, 1.82) is 5.26 Å². The molecule has 0 saturated carbocycles. The zero-order chi connectivity index (χ0) is 13.4. The summed E-state index contributed by atoms with van der Waals surface area (Å²) in [6.07, 6.45) is 0.956. The molecule has 0 aliphatic rings. The van der Waals surface area contributed by atoms with E-state index in [9.17, 15) is 4.79 Å². The summed E-state index contributed by atoms with van der Waals surface area (Å²) in [5.74, 6) is 0.393. The average Bonchev–Trinajstić information content (AvgIpc) is 2.34. The highest BCUT2D eigenvalue weighted by Crippen LogP contribution is 2.02. The summed E-state index contributed by atoms with van der Waals surface area (Å²) in [6.45, 7) is 4.25. The zero-order valence-electron chi connectivity index (χ0n) is 10.5. The fourth-order valence-corrected chi connectivity index (χ4v) is 1.26. The van der Waals surface area contributed by atoms with Crippen molar-refractivity contribution in [2.45, 2.75) is 32.8 Å². The molecule has 0 aromatic carbocycles. The van der Waals surface area contributed by atoms with Crippen molar-refractivity contribution in [3.05, 3.63) is 17.8 Å². The van der Waals surface area contributed by atoms with Gasteiger partial charge in [-0.2, -0.15) is 5.26 Å². The standard InChI is InChI=1S/C12H16N4O2/c1-9(2)18-12(17)4-3-7-14-11-6-5-10(8-13)15-16-11/h5-6,9H,3-4,7H2,1-2H3,(H,14,16). The number of nitrogens with zero attached hydrogens (tertiary/aromatic N) is 3. The van der Waals surface area contributed by atoms with E-state index in [4.69, 9.17) is 10.00 Å². The molecule has 96 valence electrons. The molecule has 0 unspecified atom stereocenters. The van der Waals surface area contributed by atoms with E-state index in [1.165, 1.54) is 0 Å². The van der Waals surface area contributed by atoms with Crippen LogP contribution in [0.5, 0.6) is 0 Å². The molecule has 0 spiro atoms. The van der Waals surface area contributed by atoms with Crippen LogP contribution in [0.2, 0.25) is 0 Å². The van der Waals surface area contributed by atoms with E-state index in [1.807, 2.05) is 19.9 Å². The first kappa shape index (κ1) is 13.9. The van der Waals surface area contributed by atoms with Crippen molar-refractivity contribution in [3.63, 3.8) is 0 Å². The summed E-state index contributed by atoms with van der Waals surface area (Å²) in [6, 6.07) is 5.16. The van der Waals surface area contributed by atoms with E-state index in [0.717, 1.165) is 0 Å². The lowest BCUT2D eigenvalue weighted by Crippen LogP contribution is -2.13. The molecule has 0 aliphatic heterocycles. The van der Waals surface area contributed by atoms with Gasteiger partial charge in [-0.15, -0.1) is 10.2 Å². The van der Waals surface area contributed by atoms with Gasteiger partial charge in [-0.3, -0.25) is 4.79 Å². The highest BCUT2D eigenvalue weighted by molar-refractivity contribution is 5.69. The first-order valence-corrected chi connectivity index (χ1v) is 5.79. The Hall–Kier alpha value is -2.16. The third kappa shape index (κ3) is 5.25. The lowest BCUT2D eigenvalue weighted by atomic mass is 10.3. The largest absolute Gasteiger partial charge is 0.463 e. The van der Waals surface area contributed by atoms with Crippen molar-refractivity contribution in [1.82, 2.24) is 10.2 Å². The summed E-state index contributed by atoms with van der Waals surface area (Å²) in [5, 5.41) is 19.1. The van der Waals surface area contributed by atoms with Crippen LogP contribution >= 0.6 is 0 Å². The molecule has 6 nitrogen and oxygen atoms in total. The molecule has 6 heteroatoms. The number of carbonyl (C=O) groups excluding carboxylic acids is 1. The number of nitriles is 1.